The number of carbonyl (C=O) groups excluding carboxylic acids is 1. The van der Waals surface area contributed by atoms with E-state index in [1.807, 2.05) is 18.2 Å². The maximum absolute atomic E-state index is 12.1. The molecule has 2 aromatic rings. The van der Waals surface area contributed by atoms with E-state index in [1.165, 1.54) is 0 Å². The van der Waals surface area contributed by atoms with Gasteiger partial charge in [-0.05, 0) is 43.0 Å². The fourth-order valence-corrected chi connectivity index (χ4v) is 2.60. The third kappa shape index (κ3) is 3.60. The lowest BCUT2D eigenvalue weighted by Gasteiger charge is -2.04. The average molecular weight is 324 g/mol. The van der Waals surface area contributed by atoms with Crippen molar-refractivity contribution in [3.8, 4) is 0 Å². The molecule has 0 fully saturated rings. The van der Waals surface area contributed by atoms with Gasteiger partial charge in [0.2, 0.25) is 0 Å². The number of nitrogens with one attached hydrogen (secondary N) is 1. The first-order chi connectivity index (χ1) is 10.6. The number of aromatic amines is 1. The van der Waals surface area contributed by atoms with Crippen LogP contribution in [-0.2, 0) is 21.8 Å². The van der Waals surface area contributed by atoms with Gasteiger partial charge in [-0.2, -0.15) is 0 Å². The SMILES string of the molecule is CCOC(=O)c1[nH]c2ccc(CCl)cc2c1CCCC(=O)O. The summed E-state index contributed by atoms with van der Waals surface area (Å²) in [5.74, 6) is -0.889. The highest BCUT2D eigenvalue weighted by Gasteiger charge is 2.19. The number of halogens is 1. The van der Waals surface area contributed by atoms with Gasteiger partial charge in [-0.3, -0.25) is 4.79 Å². The fraction of sp³-hybridized carbons (Fsp3) is 0.375. The molecule has 0 atom stereocenters. The van der Waals surface area contributed by atoms with Gasteiger partial charge in [0.15, 0.2) is 0 Å². The lowest BCUT2D eigenvalue weighted by Crippen LogP contribution is -2.08. The molecule has 118 valence electrons. The lowest BCUT2D eigenvalue weighted by atomic mass is 10.0. The van der Waals surface area contributed by atoms with E-state index >= 15 is 0 Å². The molecule has 0 spiro atoms. The molecule has 0 radical (unpaired) electrons. The Hall–Kier alpha value is -2.01. The lowest BCUT2D eigenvalue weighted by molar-refractivity contribution is -0.137. The number of aliphatic carboxylic acids is 1. The molecule has 0 bridgehead atoms. The standard InChI is InChI=1S/C16H18ClNO4/c1-2-22-16(21)15-11(4-3-5-14(19)20)12-8-10(9-17)6-7-13(12)18-15/h6-8,18H,2-5,9H2,1H3,(H,19,20). The summed E-state index contributed by atoms with van der Waals surface area (Å²) in [4.78, 5) is 25.9. The topological polar surface area (TPSA) is 79.4 Å². The van der Waals surface area contributed by atoms with Gasteiger partial charge >= 0.3 is 11.9 Å². The van der Waals surface area contributed by atoms with Crippen LogP contribution in [0.1, 0.15) is 41.4 Å². The summed E-state index contributed by atoms with van der Waals surface area (Å²) in [5.41, 5.74) is 2.96. The number of hydrogen-bond acceptors (Lipinski definition) is 3. The molecule has 2 N–H and O–H groups in total. The molecule has 0 amide bonds. The second-order valence-corrected chi connectivity index (χ2v) is 5.23. The number of carboxylic acids is 1. The minimum Gasteiger partial charge on any atom is -0.481 e. The third-order valence-corrected chi connectivity index (χ3v) is 3.73. The van der Waals surface area contributed by atoms with Crippen molar-refractivity contribution in [1.29, 1.82) is 0 Å². The molecule has 1 aromatic carbocycles. The van der Waals surface area contributed by atoms with E-state index in [-0.39, 0.29) is 13.0 Å². The monoisotopic (exact) mass is 323 g/mol. The molecule has 6 heteroatoms. The number of benzene rings is 1. The predicted octanol–water partition coefficient (Wildman–Crippen LogP) is 3.49. The second kappa shape index (κ2) is 7.31. The number of carbonyl (C=O) groups is 2. The number of carboxylic acid groups (broad SMARTS) is 1. The van der Waals surface area contributed by atoms with Crippen molar-refractivity contribution >= 4 is 34.4 Å². The molecule has 1 heterocycles. The first-order valence-corrected chi connectivity index (χ1v) is 7.68. The van der Waals surface area contributed by atoms with Gasteiger partial charge in [0.25, 0.3) is 0 Å². The van der Waals surface area contributed by atoms with Crippen LogP contribution in [0.3, 0.4) is 0 Å². The quantitative estimate of drug-likeness (QED) is 0.604. The van der Waals surface area contributed by atoms with Crippen molar-refractivity contribution in [2.45, 2.75) is 32.1 Å². The van der Waals surface area contributed by atoms with Crippen LogP contribution < -0.4 is 0 Å². The third-order valence-electron chi connectivity index (χ3n) is 3.42. The van der Waals surface area contributed by atoms with Gasteiger partial charge in [0.1, 0.15) is 5.69 Å². The fourth-order valence-electron chi connectivity index (χ4n) is 2.43. The highest BCUT2D eigenvalue weighted by atomic mass is 35.5. The Bertz CT molecular complexity index is 693. The number of esters is 1. The summed E-state index contributed by atoms with van der Waals surface area (Å²) in [6.07, 6.45) is 1.01. The molecule has 0 aliphatic rings. The number of hydrogen-bond donors (Lipinski definition) is 2. The van der Waals surface area contributed by atoms with Crippen LogP contribution >= 0.6 is 11.6 Å². The normalized spacial score (nSPS) is 10.8. The Kier molecular flexibility index (Phi) is 5.44. The van der Waals surface area contributed by atoms with Crippen molar-refractivity contribution in [3.63, 3.8) is 0 Å². The molecule has 0 unspecified atom stereocenters. The van der Waals surface area contributed by atoms with E-state index in [9.17, 15) is 9.59 Å². The number of ether oxygens (including phenoxy) is 1. The number of rotatable bonds is 7. The Labute approximate surface area is 133 Å². The van der Waals surface area contributed by atoms with E-state index in [2.05, 4.69) is 4.98 Å². The number of H-pyrrole nitrogens is 1. The zero-order valence-corrected chi connectivity index (χ0v) is 13.1. The van der Waals surface area contributed by atoms with E-state index in [0.29, 0.717) is 24.4 Å². The molecular weight excluding hydrogens is 306 g/mol. The van der Waals surface area contributed by atoms with Crippen LogP contribution in [0.25, 0.3) is 10.9 Å². The summed E-state index contributed by atoms with van der Waals surface area (Å²) in [7, 11) is 0. The summed E-state index contributed by atoms with van der Waals surface area (Å²) < 4.78 is 5.07. The van der Waals surface area contributed by atoms with E-state index in [4.69, 9.17) is 21.4 Å². The zero-order chi connectivity index (χ0) is 16.1. The van der Waals surface area contributed by atoms with Crippen LogP contribution in [0.15, 0.2) is 18.2 Å². The Morgan fingerprint density at radius 3 is 2.77 bits per heavy atom. The molecule has 22 heavy (non-hydrogen) atoms. The summed E-state index contributed by atoms with van der Waals surface area (Å²) in [6.45, 7) is 2.03. The number of fused-ring (bicyclic) bond motifs is 1. The molecule has 0 aliphatic carbocycles. The van der Waals surface area contributed by atoms with Crippen molar-refractivity contribution in [3.05, 3.63) is 35.0 Å². The largest absolute Gasteiger partial charge is 0.481 e. The van der Waals surface area contributed by atoms with Crippen molar-refractivity contribution in [1.82, 2.24) is 4.98 Å². The van der Waals surface area contributed by atoms with Crippen LogP contribution in [0.4, 0.5) is 0 Å². The summed E-state index contributed by atoms with van der Waals surface area (Å²) in [5, 5.41) is 9.68. The molecule has 5 nitrogen and oxygen atoms in total. The Morgan fingerprint density at radius 2 is 2.14 bits per heavy atom. The van der Waals surface area contributed by atoms with E-state index in [0.717, 1.165) is 22.0 Å². The molecule has 0 aliphatic heterocycles. The van der Waals surface area contributed by atoms with Crippen LogP contribution in [-0.4, -0.2) is 28.6 Å². The molecule has 2 rings (SSSR count). The van der Waals surface area contributed by atoms with E-state index < -0.39 is 11.9 Å². The van der Waals surface area contributed by atoms with E-state index in [1.54, 1.807) is 6.92 Å². The van der Waals surface area contributed by atoms with Crippen molar-refractivity contribution in [2.75, 3.05) is 6.61 Å². The molecule has 0 saturated carbocycles. The van der Waals surface area contributed by atoms with Gasteiger partial charge in [0.05, 0.1) is 6.61 Å². The van der Waals surface area contributed by atoms with Crippen LogP contribution in [0.2, 0.25) is 0 Å². The maximum Gasteiger partial charge on any atom is 0.355 e. The maximum atomic E-state index is 12.1. The number of aromatic nitrogens is 1. The van der Waals surface area contributed by atoms with Gasteiger partial charge in [-0.1, -0.05) is 6.07 Å². The molecule has 0 saturated heterocycles. The highest BCUT2D eigenvalue weighted by molar-refractivity contribution is 6.17. The number of alkyl halides is 1. The van der Waals surface area contributed by atoms with Crippen LogP contribution in [0, 0.1) is 0 Å². The molecular formula is C16H18ClNO4. The summed E-state index contributed by atoms with van der Waals surface area (Å²) >= 11 is 5.87. The minimum absolute atomic E-state index is 0.0597. The Morgan fingerprint density at radius 1 is 1.36 bits per heavy atom. The molecule has 1 aromatic heterocycles. The predicted molar refractivity (Wildman–Crippen MR) is 84.4 cm³/mol. The smallest absolute Gasteiger partial charge is 0.355 e. The summed E-state index contributed by atoms with van der Waals surface area (Å²) in [6, 6.07) is 5.69. The first kappa shape index (κ1) is 16.4. The number of aryl methyl sites for hydroxylation is 1. The highest BCUT2D eigenvalue weighted by Crippen LogP contribution is 2.26. The van der Waals surface area contributed by atoms with Crippen molar-refractivity contribution < 1.29 is 19.4 Å². The minimum atomic E-state index is -0.848. The second-order valence-electron chi connectivity index (χ2n) is 4.96. The van der Waals surface area contributed by atoms with Gasteiger partial charge < -0.3 is 14.8 Å². The average Bonchev–Trinajstić information content (AvgIpc) is 2.85. The van der Waals surface area contributed by atoms with Crippen LogP contribution in [0.5, 0.6) is 0 Å². The Balaban J connectivity index is 2.42. The van der Waals surface area contributed by atoms with Crippen molar-refractivity contribution in [2.24, 2.45) is 0 Å². The zero-order valence-electron chi connectivity index (χ0n) is 12.3. The first-order valence-electron chi connectivity index (χ1n) is 7.15. The van der Waals surface area contributed by atoms with Gasteiger partial charge in [0, 0.05) is 23.2 Å². The van der Waals surface area contributed by atoms with Gasteiger partial charge in [-0.15, -0.1) is 11.6 Å². The van der Waals surface area contributed by atoms with Gasteiger partial charge in [-0.25, -0.2) is 4.79 Å².